The number of aromatic nitrogens is 3. The zero-order valence-electron chi connectivity index (χ0n) is 19.2. The minimum absolute atomic E-state index is 0.282. The van der Waals surface area contributed by atoms with Gasteiger partial charge in [0.15, 0.2) is 0 Å². The SMILES string of the molecule is C[C@H]1CC[C@@H](C2CCCCC2)SN1Cc1cc(F)c(N2C[C@@H]3C(n4cnnc4)[C@@H]3C2)cc1F. The number of hydrogen-bond donors (Lipinski definition) is 0. The highest BCUT2D eigenvalue weighted by atomic mass is 32.2. The van der Waals surface area contributed by atoms with E-state index >= 15 is 8.78 Å². The first-order valence-electron chi connectivity index (χ1n) is 12.6. The van der Waals surface area contributed by atoms with Gasteiger partial charge in [-0.15, -0.1) is 10.2 Å². The lowest BCUT2D eigenvalue weighted by Crippen LogP contribution is -2.37. The summed E-state index contributed by atoms with van der Waals surface area (Å²) in [6, 6.07) is 3.67. The van der Waals surface area contributed by atoms with Crippen molar-refractivity contribution in [3.8, 4) is 0 Å². The van der Waals surface area contributed by atoms with Crippen LogP contribution >= 0.6 is 11.9 Å². The first-order chi connectivity index (χ1) is 16.1. The third-order valence-corrected chi connectivity index (χ3v) is 10.2. The Morgan fingerprint density at radius 1 is 0.939 bits per heavy atom. The summed E-state index contributed by atoms with van der Waals surface area (Å²) in [6.45, 7) is 4.20. The van der Waals surface area contributed by atoms with Crippen molar-refractivity contribution < 1.29 is 8.78 Å². The third-order valence-electron chi connectivity index (χ3n) is 8.52. The molecule has 0 N–H and O–H groups in total. The zero-order chi connectivity index (χ0) is 22.5. The summed E-state index contributed by atoms with van der Waals surface area (Å²) in [6.07, 6.45) is 12.6. The van der Waals surface area contributed by atoms with Crippen LogP contribution in [0.4, 0.5) is 14.5 Å². The van der Waals surface area contributed by atoms with Gasteiger partial charge in [-0.05, 0) is 44.6 Å². The fourth-order valence-corrected chi connectivity index (χ4v) is 8.07. The summed E-state index contributed by atoms with van der Waals surface area (Å²) in [5.74, 6) is 1.13. The zero-order valence-corrected chi connectivity index (χ0v) is 20.1. The fraction of sp³-hybridized carbons (Fsp3) is 0.680. The molecule has 1 aromatic heterocycles. The van der Waals surface area contributed by atoms with E-state index in [9.17, 15) is 0 Å². The average Bonchev–Trinajstić information content (AvgIpc) is 3.19. The monoisotopic (exact) mass is 473 g/mol. The van der Waals surface area contributed by atoms with Crippen molar-refractivity contribution in [3.63, 3.8) is 0 Å². The first kappa shape index (κ1) is 21.8. The second-order valence-corrected chi connectivity index (χ2v) is 11.9. The first-order valence-corrected chi connectivity index (χ1v) is 13.4. The van der Waals surface area contributed by atoms with Crippen LogP contribution in [0.15, 0.2) is 24.8 Å². The fourth-order valence-electron chi connectivity index (χ4n) is 6.51. The maximum absolute atomic E-state index is 15.2. The summed E-state index contributed by atoms with van der Waals surface area (Å²) in [4.78, 5) is 2.01. The van der Waals surface area contributed by atoms with E-state index in [1.54, 1.807) is 12.7 Å². The summed E-state index contributed by atoms with van der Waals surface area (Å²) >= 11 is 1.91. The van der Waals surface area contributed by atoms with Crippen LogP contribution in [0, 0.1) is 29.4 Å². The molecule has 0 amide bonds. The summed E-state index contributed by atoms with van der Waals surface area (Å²) in [5, 5.41) is 8.41. The highest BCUT2D eigenvalue weighted by molar-refractivity contribution is 7.97. The Morgan fingerprint density at radius 2 is 1.67 bits per heavy atom. The van der Waals surface area contributed by atoms with Gasteiger partial charge in [-0.25, -0.2) is 13.1 Å². The van der Waals surface area contributed by atoms with Gasteiger partial charge in [0.1, 0.15) is 24.3 Å². The smallest absolute Gasteiger partial charge is 0.147 e. The Bertz CT molecular complexity index is 967. The number of benzene rings is 1. The van der Waals surface area contributed by atoms with Crippen molar-refractivity contribution in [1.82, 2.24) is 19.1 Å². The molecule has 178 valence electrons. The molecule has 2 saturated carbocycles. The molecule has 3 heterocycles. The quantitative estimate of drug-likeness (QED) is 0.540. The minimum Gasteiger partial charge on any atom is -0.368 e. The van der Waals surface area contributed by atoms with Crippen molar-refractivity contribution in [1.29, 1.82) is 0 Å². The molecule has 0 spiro atoms. The van der Waals surface area contributed by atoms with Gasteiger partial charge in [-0.1, -0.05) is 31.2 Å². The Hall–Kier alpha value is -1.67. The molecule has 2 aliphatic carbocycles. The van der Waals surface area contributed by atoms with Gasteiger partial charge in [0.05, 0.1) is 5.69 Å². The maximum atomic E-state index is 15.2. The van der Waals surface area contributed by atoms with Crippen LogP contribution < -0.4 is 4.90 Å². The van der Waals surface area contributed by atoms with Crippen LogP contribution in [0.1, 0.15) is 63.5 Å². The summed E-state index contributed by atoms with van der Waals surface area (Å²) in [5.41, 5.74) is 0.886. The van der Waals surface area contributed by atoms with Crippen LogP contribution in [-0.2, 0) is 6.54 Å². The van der Waals surface area contributed by atoms with Crippen LogP contribution in [0.25, 0.3) is 0 Å². The number of halogens is 2. The van der Waals surface area contributed by atoms with E-state index in [4.69, 9.17) is 0 Å². The lowest BCUT2D eigenvalue weighted by molar-refractivity contribution is 0.272. The Balaban J connectivity index is 1.12. The van der Waals surface area contributed by atoms with Crippen LogP contribution in [0.5, 0.6) is 0 Å². The van der Waals surface area contributed by atoms with Crippen LogP contribution in [0.3, 0.4) is 0 Å². The molecule has 4 fully saturated rings. The van der Waals surface area contributed by atoms with Gasteiger partial charge in [-0.2, -0.15) is 0 Å². The molecule has 1 aromatic carbocycles. The molecule has 0 bridgehead atoms. The van der Waals surface area contributed by atoms with Gasteiger partial charge >= 0.3 is 0 Å². The molecular weight excluding hydrogens is 440 g/mol. The number of hydrogen-bond acceptors (Lipinski definition) is 5. The van der Waals surface area contributed by atoms with Gasteiger partial charge in [-0.3, -0.25) is 0 Å². The van der Waals surface area contributed by atoms with E-state index in [1.165, 1.54) is 50.7 Å². The Labute approximate surface area is 199 Å². The number of anilines is 1. The van der Waals surface area contributed by atoms with Crippen LogP contribution in [0.2, 0.25) is 0 Å². The van der Waals surface area contributed by atoms with E-state index in [-0.39, 0.29) is 11.6 Å². The molecular formula is C25H33F2N5S. The molecule has 5 atom stereocenters. The van der Waals surface area contributed by atoms with Crippen molar-refractivity contribution in [2.75, 3.05) is 18.0 Å². The molecule has 2 aromatic rings. The Kier molecular flexibility index (Phi) is 5.85. The molecule has 5 nitrogen and oxygen atoms in total. The van der Waals surface area contributed by atoms with E-state index < -0.39 is 0 Å². The maximum Gasteiger partial charge on any atom is 0.147 e. The molecule has 8 heteroatoms. The largest absolute Gasteiger partial charge is 0.368 e. The predicted octanol–water partition coefficient (Wildman–Crippen LogP) is 5.45. The van der Waals surface area contributed by atoms with Crippen LogP contribution in [-0.4, -0.2) is 43.5 Å². The standard InChI is InChI=1S/C25H33F2N5S/c1-16-7-8-24(17-5-3-2-4-6-17)33-32(16)11-18-9-22(27)23(10-21(18)26)30-12-19-20(13-30)25(19)31-14-28-29-15-31/h9-10,14-17,19-20,24-25H,2-8,11-13H2,1H3/t16-,19-,20+,24-,25?/m0/s1. The molecule has 6 rings (SSSR count). The minimum atomic E-state index is -0.299. The Morgan fingerprint density at radius 3 is 2.39 bits per heavy atom. The van der Waals surface area contributed by atoms with Crippen molar-refractivity contribution in [3.05, 3.63) is 42.0 Å². The third kappa shape index (κ3) is 4.18. The van der Waals surface area contributed by atoms with Gasteiger partial charge in [0.25, 0.3) is 0 Å². The number of fused-ring (bicyclic) bond motifs is 1. The summed E-state index contributed by atoms with van der Waals surface area (Å²) < 4.78 is 34.7. The van der Waals surface area contributed by atoms with E-state index in [0.717, 1.165) is 25.4 Å². The molecule has 4 aliphatic rings. The lowest BCUT2D eigenvalue weighted by Gasteiger charge is -2.41. The van der Waals surface area contributed by atoms with E-state index in [0.29, 0.717) is 47.0 Å². The predicted molar refractivity (Wildman–Crippen MR) is 127 cm³/mol. The second kappa shape index (κ2) is 8.84. The van der Waals surface area contributed by atoms with Crippen molar-refractivity contribution >= 4 is 17.6 Å². The normalized spacial score (nSPS) is 32.8. The molecule has 0 radical (unpaired) electrons. The number of rotatable bonds is 5. The lowest BCUT2D eigenvalue weighted by atomic mass is 9.85. The molecule has 33 heavy (non-hydrogen) atoms. The summed E-state index contributed by atoms with van der Waals surface area (Å²) in [7, 11) is 0. The van der Waals surface area contributed by atoms with Crippen molar-refractivity contribution in [2.45, 2.75) is 75.7 Å². The molecule has 1 unspecified atom stereocenters. The van der Waals surface area contributed by atoms with Gasteiger partial charge in [0, 0.05) is 60.4 Å². The number of piperidine rings is 1. The average molecular weight is 474 g/mol. The highest BCUT2D eigenvalue weighted by Crippen LogP contribution is 2.56. The highest BCUT2D eigenvalue weighted by Gasteiger charge is 2.57. The number of nitrogens with zero attached hydrogens (tertiary/aromatic N) is 5. The van der Waals surface area contributed by atoms with Crippen molar-refractivity contribution in [2.24, 2.45) is 17.8 Å². The molecule has 2 saturated heterocycles. The second-order valence-electron chi connectivity index (χ2n) is 10.6. The van der Waals surface area contributed by atoms with E-state index in [1.807, 2.05) is 21.4 Å². The van der Waals surface area contributed by atoms with Gasteiger partial charge in [0.2, 0.25) is 0 Å². The van der Waals surface area contributed by atoms with E-state index in [2.05, 4.69) is 21.4 Å². The molecule has 2 aliphatic heterocycles. The van der Waals surface area contributed by atoms with Gasteiger partial charge < -0.3 is 9.47 Å². The topological polar surface area (TPSA) is 37.2 Å².